The van der Waals surface area contributed by atoms with E-state index in [1.165, 1.54) is 0 Å². The van der Waals surface area contributed by atoms with Gasteiger partial charge in [0.2, 0.25) is 0 Å². The average molecular weight is 265 g/mol. The number of carbonyl (C=O) groups is 1. The molecule has 0 fully saturated rings. The zero-order chi connectivity index (χ0) is 13.1. The topological polar surface area (TPSA) is 55.1 Å². The SMILES string of the molecule is Cc1cc(C(=O)NC(C)c2ccc(Cl)cc2)no1. The second-order valence-corrected chi connectivity index (χ2v) is 4.51. The Bertz CT molecular complexity index is 548. The molecule has 0 saturated carbocycles. The van der Waals surface area contributed by atoms with E-state index in [9.17, 15) is 4.79 Å². The Balaban J connectivity index is 2.05. The molecule has 1 unspecified atom stereocenters. The monoisotopic (exact) mass is 264 g/mol. The fourth-order valence-electron chi connectivity index (χ4n) is 1.58. The lowest BCUT2D eigenvalue weighted by Crippen LogP contribution is -2.26. The molecule has 1 heterocycles. The molecule has 0 bridgehead atoms. The van der Waals surface area contributed by atoms with Gasteiger partial charge in [0.1, 0.15) is 5.76 Å². The molecule has 1 N–H and O–H groups in total. The van der Waals surface area contributed by atoms with Crippen molar-refractivity contribution in [2.75, 3.05) is 0 Å². The highest BCUT2D eigenvalue weighted by Crippen LogP contribution is 2.16. The highest BCUT2D eigenvalue weighted by atomic mass is 35.5. The average Bonchev–Trinajstić information content (AvgIpc) is 2.76. The van der Waals surface area contributed by atoms with Gasteiger partial charge in [0.05, 0.1) is 6.04 Å². The van der Waals surface area contributed by atoms with Crippen LogP contribution in [-0.4, -0.2) is 11.1 Å². The molecule has 0 aliphatic rings. The molecule has 1 aromatic heterocycles. The van der Waals surface area contributed by atoms with Gasteiger partial charge in [-0.25, -0.2) is 0 Å². The van der Waals surface area contributed by atoms with Gasteiger partial charge >= 0.3 is 0 Å². The highest BCUT2D eigenvalue weighted by molar-refractivity contribution is 6.30. The Hall–Kier alpha value is -1.81. The molecule has 18 heavy (non-hydrogen) atoms. The third-order valence-electron chi connectivity index (χ3n) is 2.58. The maximum atomic E-state index is 11.8. The predicted octanol–water partition coefficient (Wildman–Crippen LogP) is 3.13. The summed E-state index contributed by atoms with van der Waals surface area (Å²) in [7, 11) is 0. The Kier molecular flexibility index (Phi) is 3.67. The number of halogens is 1. The van der Waals surface area contributed by atoms with Gasteiger partial charge in [-0.1, -0.05) is 28.9 Å². The number of aryl methyl sites for hydroxylation is 1. The number of carbonyl (C=O) groups excluding carboxylic acids is 1. The van der Waals surface area contributed by atoms with E-state index >= 15 is 0 Å². The third kappa shape index (κ3) is 2.90. The van der Waals surface area contributed by atoms with Crippen LogP contribution < -0.4 is 5.32 Å². The summed E-state index contributed by atoms with van der Waals surface area (Å²) in [5.74, 6) is 0.355. The van der Waals surface area contributed by atoms with E-state index in [1.807, 2.05) is 19.1 Å². The van der Waals surface area contributed by atoms with Crippen LogP contribution in [0.3, 0.4) is 0 Å². The smallest absolute Gasteiger partial charge is 0.273 e. The predicted molar refractivity (Wildman–Crippen MR) is 68.6 cm³/mol. The summed E-state index contributed by atoms with van der Waals surface area (Å²) in [4.78, 5) is 11.8. The van der Waals surface area contributed by atoms with Crippen molar-refractivity contribution in [3.8, 4) is 0 Å². The van der Waals surface area contributed by atoms with Crippen LogP contribution in [0.4, 0.5) is 0 Å². The van der Waals surface area contributed by atoms with Gasteiger partial charge in [-0.15, -0.1) is 0 Å². The molecule has 5 heteroatoms. The Morgan fingerprint density at radius 3 is 2.61 bits per heavy atom. The summed E-state index contributed by atoms with van der Waals surface area (Å²) in [6.45, 7) is 3.64. The highest BCUT2D eigenvalue weighted by Gasteiger charge is 2.14. The Labute approximate surface area is 110 Å². The molecule has 0 aliphatic heterocycles. The standard InChI is InChI=1S/C13H13ClN2O2/c1-8-7-12(16-18-8)13(17)15-9(2)10-3-5-11(14)6-4-10/h3-7,9H,1-2H3,(H,15,17). The van der Waals surface area contributed by atoms with Crippen LogP contribution in [0.15, 0.2) is 34.9 Å². The van der Waals surface area contributed by atoms with E-state index in [0.717, 1.165) is 5.56 Å². The molecule has 1 atom stereocenters. The summed E-state index contributed by atoms with van der Waals surface area (Å²) in [6, 6.07) is 8.82. The van der Waals surface area contributed by atoms with Crippen molar-refractivity contribution in [2.45, 2.75) is 19.9 Å². The van der Waals surface area contributed by atoms with Gasteiger partial charge in [-0.3, -0.25) is 4.79 Å². The van der Waals surface area contributed by atoms with Crippen molar-refractivity contribution in [1.29, 1.82) is 0 Å². The molecule has 94 valence electrons. The molecular weight excluding hydrogens is 252 g/mol. The van der Waals surface area contributed by atoms with Crippen molar-refractivity contribution in [2.24, 2.45) is 0 Å². The number of hydrogen-bond donors (Lipinski definition) is 1. The third-order valence-corrected chi connectivity index (χ3v) is 2.83. The minimum absolute atomic E-state index is 0.119. The van der Waals surface area contributed by atoms with Crippen LogP contribution in [0.2, 0.25) is 5.02 Å². The first-order valence-corrected chi connectivity index (χ1v) is 5.93. The lowest BCUT2D eigenvalue weighted by molar-refractivity contribution is 0.0930. The summed E-state index contributed by atoms with van der Waals surface area (Å²) in [5, 5.41) is 7.18. The lowest BCUT2D eigenvalue weighted by Gasteiger charge is -2.13. The quantitative estimate of drug-likeness (QED) is 0.927. The zero-order valence-corrected chi connectivity index (χ0v) is 10.9. The fourth-order valence-corrected chi connectivity index (χ4v) is 1.70. The molecule has 0 radical (unpaired) electrons. The van der Waals surface area contributed by atoms with E-state index in [1.54, 1.807) is 25.1 Å². The molecule has 2 rings (SSSR count). The maximum Gasteiger partial charge on any atom is 0.273 e. The maximum absolute atomic E-state index is 11.8. The van der Waals surface area contributed by atoms with Crippen molar-refractivity contribution in [1.82, 2.24) is 10.5 Å². The number of nitrogens with zero attached hydrogens (tertiary/aromatic N) is 1. The van der Waals surface area contributed by atoms with Gasteiger partial charge in [0, 0.05) is 11.1 Å². The van der Waals surface area contributed by atoms with E-state index in [2.05, 4.69) is 10.5 Å². The van der Waals surface area contributed by atoms with Crippen molar-refractivity contribution in [3.63, 3.8) is 0 Å². The van der Waals surface area contributed by atoms with Crippen LogP contribution in [0.1, 0.15) is 34.8 Å². The van der Waals surface area contributed by atoms with Gasteiger partial charge < -0.3 is 9.84 Å². The fraction of sp³-hybridized carbons (Fsp3) is 0.231. The number of rotatable bonds is 3. The van der Waals surface area contributed by atoms with Gasteiger partial charge in [-0.05, 0) is 31.5 Å². The lowest BCUT2D eigenvalue weighted by atomic mass is 10.1. The van der Waals surface area contributed by atoms with Gasteiger partial charge in [0.15, 0.2) is 5.69 Å². The zero-order valence-electron chi connectivity index (χ0n) is 10.1. The van der Waals surface area contributed by atoms with Crippen LogP contribution in [0, 0.1) is 6.92 Å². The largest absolute Gasteiger partial charge is 0.361 e. The first-order chi connectivity index (χ1) is 8.56. The summed E-state index contributed by atoms with van der Waals surface area (Å²) in [6.07, 6.45) is 0. The molecule has 0 aliphatic carbocycles. The molecule has 0 saturated heterocycles. The van der Waals surface area contributed by atoms with E-state index < -0.39 is 0 Å². The van der Waals surface area contributed by atoms with E-state index in [0.29, 0.717) is 10.8 Å². The van der Waals surface area contributed by atoms with Crippen LogP contribution in [-0.2, 0) is 0 Å². The summed E-state index contributed by atoms with van der Waals surface area (Å²) < 4.78 is 4.86. The summed E-state index contributed by atoms with van der Waals surface area (Å²) >= 11 is 5.81. The Morgan fingerprint density at radius 1 is 1.39 bits per heavy atom. The second-order valence-electron chi connectivity index (χ2n) is 4.07. The second kappa shape index (κ2) is 5.23. The number of hydrogen-bond acceptors (Lipinski definition) is 3. The number of benzene rings is 1. The van der Waals surface area contributed by atoms with E-state index in [4.69, 9.17) is 16.1 Å². The van der Waals surface area contributed by atoms with Crippen LogP contribution in [0.25, 0.3) is 0 Å². The minimum atomic E-state index is -0.255. The molecule has 1 amide bonds. The number of nitrogens with one attached hydrogen (secondary N) is 1. The number of aromatic nitrogens is 1. The summed E-state index contributed by atoms with van der Waals surface area (Å²) in [5.41, 5.74) is 1.27. The molecular formula is C13H13ClN2O2. The normalized spacial score (nSPS) is 12.2. The minimum Gasteiger partial charge on any atom is -0.361 e. The first-order valence-electron chi connectivity index (χ1n) is 5.56. The molecule has 0 spiro atoms. The first kappa shape index (κ1) is 12.6. The number of amides is 1. The van der Waals surface area contributed by atoms with Crippen LogP contribution >= 0.6 is 11.6 Å². The molecule has 4 nitrogen and oxygen atoms in total. The van der Waals surface area contributed by atoms with Gasteiger partial charge in [-0.2, -0.15) is 0 Å². The van der Waals surface area contributed by atoms with Crippen molar-refractivity contribution in [3.05, 3.63) is 52.4 Å². The van der Waals surface area contributed by atoms with Gasteiger partial charge in [0.25, 0.3) is 5.91 Å². The molecule has 1 aromatic carbocycles. The van der Waals surface area contributed by atoms with Crippen molar-refractivity contribution >= 4 is 17.5 Å². The Morgan fingerprint density at radius 2 is 2.06 bits per heavy atom. The van der Waals surface area contributed by atoms with E-state index in [-0.39, 0.29) is 17.6 Å². The van der Waals surface area contributed by atoms with Crippen molar-refractivity contribution < 1.29 is 9.32 Å². The van der Waals surface area contributed by atoms with Crippen LogP contribution in [0.5, 0.6) is 0 Å². The molecule has 2 aromatic rings.